The molecule has 0 radical (unpaired) electrons. The molecule has 2 aromatic rings. The van der Waals surface area contributed by atoms with Gasteiger partial charge < -0.3 is 4.98 Å². The lowest BCUT2D eigenvalue weighted by molar-refractivity contribution is 0.136. The molecule has 1 aliphatic rings. The van der Waals surface area contributed by atoms with E-state index in [4.69, 9.17) is 0 Å². The second-order valence-electron chi connectivity index (χ2n) is 6.71. The molecule has 2 atom stereocenters. The van der Waals surface area contributed by atoms with Crippen molar-refractivity contribution in [3.63, 3.8) is 0 Å². The van der Waals surface area contributed by atoms with Crippen molar-refractivity contribution in [3.8, 4) is 0 Å². The van der Waals surface area contributed by atoms with E-state index in [9.17, 15) is 13.2 Å². The van der Waals surface area contributed by atoms with Crippen molar-refractivity contribution >= 4 is 21.1 Å². The average Bonchev–Trinajstić information content (AvgIpc) is 2.89. The monoisotopic (exact) mass is 368 g/mol. The summed E-state index contributed by atoms with van der Waals surface area (Å²) in [6, 6.07) is -0.0391. The van der Waals surface area contributed by atoms with Crippen LogP contribution in [0.5, 0.6) is 0 Å². The Hall–Kier alpha value is -1.78. The molecule has 0 saturated carbocycles. The fourth-order valence-corrected chi connectivity index (χ4v) is 4.32. The summed E-state index contributed by atoms with van der Waals surface area (Å²) in [5.41, 5.74) is 0.383. The van der Waals surface area contributed by atoms with E-state index in [1.165, 1.54) is 12.5 Å². The number of nitrogens with zero attached hydrogens (tertiary/aromatic N) is 4. The number of rotatable bonds is 5. The normalized spacial score (nSPS) is 22.5. The number of hydrogen-bond acceptors (Lipinski definition) is 6. The number of aryl methyl sites for hydroxylation is 1. The molecule has 1 aliphatic heterocycles. The highest BCUT2D eigenvalue weighted by molar-refractivity contribution is 7.88. The molecule has 2 N–H and O–H groups in total. The third-order valence-electron chi connectivity index (χ3n) is 4.73. The third kappa shape index (κ3) is 4.07. The zero-order valence-electron chi connectivity index (χ0n) is 14.7. The number of H-pyrrole nitrogens is 1. The Labute approximate surface area is 146 Å². The Morgan fingerprint density at radius 3 is 2.88 bits per heavy atom. The van der Waals surface area contributed by atoms with Gasteiger partial charge in [-0.2, -0.15) is 5.10 Å². The van der Waals surface area contributed by atoms with Gasteiger partial charge in [0, 0.05) is 26.2 Å². The summed E-state index contributed by atoms with van der Waals surface area (Å²) in [5.74, 6) is 0.834. The van der Waals surface area contributed by atoms with E-state index in [0.29, 0.717) is 23.4 Å². The van der Waals surface area contributed by atoms with Crippen LogP contribution in [0, 0.1) is 5.92 Å². The van der Waals surface area contributed by atoms with E-state index in [0.717, 1.165) is 25.9 Å². The van der Waals surface area contributed by atoms with Crippen LogP contribution in [0.1, 0.15) is 25.6 Å². The van der Waals surface area contributed by atoms with E-state index in [-0.39, 0.29) is 17.5 Å². The van der Waals surface area contributed by atoms with Gasteiger partial charge in [-0.25, -0.2) is 18.1 Å². The summed E-state index contributed by atoms with van der Waals surface area (Å²) in [6.07, 6.45) is 4.34. The van der Waals surface area contributed by atoms with Crippen LogP contribution < -0.4 is 10.3 Å². The zero-order valence-corrected chi connectivity index (χ0v) is 15.5. The van der Waals surface area contributed by atoms with Gasteiger partial charge in [-0.1, -0.05) is 13.3 Å². The zero-order chi connectivity index (χ0) is 18.2. The van der Waals surface area contributed by atoms with Crippen molar-refractivity contribution in [2.45, 2.75) is 32.4 Å². The summed E-state index contributed by atoms with van der Waals surface area (Å²) < 4.78 is 27.4. The maximum Gasteiger partial charge on any atom is 0.262 e. The molecule has 0 amide bonds. The Morgan fingerprint density at radius 2 is 2.20 bits per heavy atom. The van der Waals surface area contributed by atoms with Gasteiger partial charge >= 0.3 is 0 Å². The molecule has 1 saturated heterocycles. The molecule has 138 valence electrons. The van der Waals surface area contributed by atoms with Crippen molar-refractivity contribution in [2.75, 3.05) is 19.3 Å². The summed E-state index contributed by atoms with van der Waals surface area (Å²) in [6.45, 7) is 4.10. The van der Waals surface area contributed by atoms with Crippen LogP contribution in [-0.4, -0.2) is 58.5 Å². The molecular formula is C15H24N6O3S. The first kappa shape index (κ1) is 18.0. The van der Waals surface area contributed by atoms with Crippen LogP contribution in [0.15, 0.2) is 11.0 Å². The molecule has 3 heterocycles. The van der Waals surface area contributed by atoms with E-state index >= 15 is 0 Å². The van der Waals surface area contributed by atoms with E-state index in [2.05, 4.69) is 31.6 Å². The topological polar surface area (TPSA) is 113 Å². The minimum atomic E-state index is -3.21. The van der Waals surface area contributed by atoms with Gasteiger partial charge in [-0.15, -0.1) is 0 Å². The number of fused-ring (bicyclic) bond motifs is 1. The number of nitrogens with one attached hydrogen (secondary N) is 2. The van der Waals surface area contributed by atoms with E-state index in [1.54, 1.807) is 11.7 Å². The number of piperidine rings is 1. The molecule has 0 aromatic carbocycles. The molecule has 25 heavy (non-hydrogen) atoms. The van der Waals surface area contributed by atoms with Gasteiger partial charge in [-0.05, 0) is 12.3 Å². The Kier molecular flexibility index (Phi) is 4.94. The van der Waals surface area contributed by atoms with Gasteiger partial charge in [0.15, 0.2) is 5.65 Å². The van der Waals surface area contributed by atoms with Crippen molar-refractivity contribution in [1.82, 2.24) is 29.4 Å². The molecular weight excluding hydrogens is 344 g/mol. The number of aromatic amines is 1. The third-order valence-corrected chi connectivity index (χ3v) is 5.46. The van der Waals surface area contributed by atoms with Crippen LogP contribution in [0.2, 0.25) is 0 Å². The lowest BCUT2D eigenvalue weighted by atomic mass is 9.91. The lowest BCUT2D eigenvalue weighted by Gasteiger charge is -2.38. The summed E-state index contributed by atoms with van der Waals surface area (Å²) in [5, 5.41) is 4.55. The van der Waals surface area contributed by atoms with Crippen molar-refractivity contribution in [2.24, 2.45) is 13.0 Å². The van der Waals surface area contributed by atoms with Crippen molar-refractivity contribution in [3.05, 3.63) is 22.4 Å². The first-order valence-corrected chi connectivity index (χ1v) is 10.3. The van der Waals surface area contributed by atoms with Crippen LogP contribution in [0.3, 0.4) is 0 Å². The largest absolute Gasteiger partial charge is 0.309 e. The van der Waals surface area contributed by atoms with Gasteiger partial charge in [-0.3, -0.25) is 14.4 Å². The number of sulfonamides is 1. The smallest absolute Gasteiger partial charge is 0.262 e. The van der Waals surface area contributed by atoms with Crippen LogP contribution in [0.25, 0.3) is 11.0 Å². The van der Waals surface area contributed by atoms with Crippen molar-refractivity contribution in [1.29, 1.82) is 0 Å². The number of hydrogen-bond donors (Lipinski definition) is 2. The molecule has 9 nitrogen and oxygen atoms in total. The Balaban J connectivity index is 1.74. The summed E-state index contributed by atoms with van der Waals surface area (Å²) in [7, 11) is -1.45. The SMILES string of the molecule is CC[C@@H]1CN(Cc2nc3c(cnn3C)c(=O)[nH]2)CC[C@@H]1NS(C)(=O)=O. The molecule has 0 bridgehead atoms. The predicted molar refractivity (Wildman–Crippen MR) is 94.6 cm³/mol. The van der Waals surface area contributed by atoms with Gasteiger partial charge in [0.25, 0.3) is 5.56 Å². The fraction of sp³-hybridized carbons (Fsp3) is 0.667. The molecule has 1 fully saturated rings. The highest BCUT2D eigenvalue weighted by Crippen LogP contribution is 2.22. The van der Waals surface area contributed by atoms with E-state index < -0.39 is 10.0 Å². The Bertz CT molecular complexity index is 919. The highest BCUT2D eigenvalue weighted by Gasteiger charge is 2.30. The Morgan fingerprint density at radius 1 is 1.44 bits per heavy atom. The molecule has 10 heteroatoms. The number of aromatic nitrogens is 4. The minimum absolute atomic E-state index is 0.0391. The predicted octanol–water partition coefficient (Wildman–Crippen LogP) is -0.194. The lowest BCUT2D eigenvalue weighted by Crippen LogP contribution is -2.50. The summed E-state index contributed by atoms with van der Waals surface area (Å²) >= 11 is 0. The van der Waals surface area contributed by atoms with Gasteiger partial charge in [0.2, 0.25) is 10.0 Å². The van der Waals surface area contributed by atoms with Crippen LogP contribution >= 0.6 is 0 Å². The van der Waals surface area contributed by atoms with Gasteiger partial charge in [0.1, 0.15) is 11.2 Å². The second-order valence-corrected chi connectivity index (χ2v) is 8.49. The number of likely N-dealkylation sites (tertiary alicyclic amines) is 1. The van der Waals surface area contributed by atoms with Crippen molar-refractivity contribution < 1.29 is 8.42 Å². The highest BCUT2D eigenvalue weighted by atomic mass is 32.2. The standard InChI is InChI=1S/C15H24N6O3S/c1-4-10-8-21(6-5-12(10)19-25(3,23)24)9-13-17-14-11(15(22)18-13)7-16-20(14)2/h7,10,12,19H,4-6,8-9H2,1-3H3,(H,17,18,22)/t10-,12+/m1/s1. The maximum absolute atomic E-state index is 12.1. The first-order valence-electron chi connectivity index (χ1n) is 8.37. The molecule has 0 spiro atoms. The molecule has 2 aromatic heterocycles. The minimum Gasteiger partial charge on any atom is -0.309 e. The first-order chi connectivity index (χ1) is 11.8. The maximum atomic E-state index is 12.1. The average molecular weight is 368 g/mol. The van der Waals surface area contributed by atoms with E-state index in [1.807, 2.05) is 0 Å². The van der Waals surface area contributed by atoms with Crippen LogP contribution in [0.4, 0.5) is 0 Å². The molecule has 0 unspecified atom stereocenters. The fourth-order valence-electron chi connectivity index (χ4n) is 3.46. The second kappa shape index (κ2) is 6.85. The molecule has 0 aliphatic carbocycles. The quantitative estimate of drug-likeness (QED) is 0.756. The van der Waals surface area contributed by atoms with Gasteiger partial charge in [0.05, 0.1) is 19.0 Å². The molecule has 3 rings (SSSR count). The summed E-state index contributed by atoms with van der Waals surface area (Å²) in [4.78, 5) is 21.7. The van der Waals surface area contributed by atoms with Crippen LogP contribution in [-0.2, 0) is 23.6 Å².